The normalized spacial score (nSPS) is 12.6. The van der Waals surface area contributed by atoms with Crippen molar-refractivity contribution >= 4 is 38.9 Å². The minimum absolute atomic E-state index is 0.233. The molecule has 0 aliphatic rings. The quantitative estimate of drug-likeness (QED) is 0.781. The molecular weight excluding hydrogens is 330 g/mol. The van der Waals surface area contributed by atoms with E-state index < -0.39 is 0 Å². The lowest BCUT2D eigenvalue weighted by molar-refractivity contribution is 0.604. The average Bonchev–Trinajstić information content (AvgIpc) is 2.85. The summed E-state index contributed by atoms with van der Waals surface area (Å²) in [6.07, 6.45) is 1.12. The van der Waals surface area contributed by atoms with Crippen LogP contribution in [0.25, 0.3) is 0 Å². The van der Waals surface area contributed by atoms with Crippen LogP contribution in [0.15, 0.2) is 40.2 Å². The van der Waals surface area contributed by atoms with Crippen molar-refractivity contribution in [3.05, 3.63) is 55.6 Å². The molecule has 0 saturated heterocycles. The fraction of sp³-hybridized carbons (Fsp3) is 0.286. The molecule has 0 bridgehead atoms. The molecule has 1 unspecified atom stereocenters. The third-order valence-electron chi connectivity index (χ3n) is 2.70. The number of benzene rings is 1. The zero-order valence-electron chi connectivity index (χ0n) is 10.1. The van der Waals surface area contributed by atoms with Crippen molar-refractivity contribution in [2.24, 2.45) is 0 Å². The van der Waals surface area contributed by atoms with Gasteiger partial charge in [-0.3, -0.25) is 0 Å². The van der Waals surface area contributed by atoms with Crippen molar-refractivity contribution in [1.82, 2.24) is 5.32 Å². The second-order valence-electron chi connectivity index (χ2n) is 4.07. The summed E-state index contributed by atoms with van der Waals surface area (Å²) in [5.74, 6) is 0. The summed E-state index contributed by atoms with van der Waals surface area (Å²) >= 11 is 11.4. The summed E-state index contributed by atoms with van der Waals surface area (Å²) in [7, 11) is 0. The predicted octanol–water partition coefficient (Wildman–Crippen LogP) is 5.25. The van der Waals surface area contributed by atoms with Crippen molar-refractivity contribution in [2.45, 2.75) is 19.4 Å². The van der Waals surface area contributed by atoms with Gasteiger partial charge in [-0.05, 0) is 42.1 Å². The van der Waals surface area contributed by atoms with Crippen LogP contribution in [0.5, 0.6) is 0 Å². The molecule has 0 saturated carbocycles. The first kappa shape index (κ1) is 14.1. The Kier molecular flexibility index (Phi) is 5.25. The molecule has 0 aliphatic heterocycles. The zero-order chi connectivity index (χ0) is 13.0. The number of hydrogen-bond acceptors (Lipinski definition) is 2. The molecule has 2 rings (SSSR count). The van der Waals surface area contributed by atoms with Gasteiger partial charge < -0.3 is 5.32 Å². The minimum atomic E-state index is 0.233. The van der Waals surface area contributed by atoms with Crippen molar-refractivity contribution in [2.75, 3.05) is 6.54 Å². The molecule has 1 heterocycles. The first-order valence-electron chi connectivity index (χ1n) is 5.94. The van der Waals surface area contributed by atoms with Crippen LogP contribution in [0.4, 0.5) is 0 Å². The van der Waals surface area contributed by atoms with Crippen LogP contribution in [0, 0.1) is 0 Å². The van der Waals surface area contributed by atoms with E-state index in [9.17, 15) is 0 Å². The molecule has 0 fully saturated rings. The van der Waals surface area contributed by atoms with Gasteiger partial charge >= 0.3 is 0 Å². The van der Waals surface area contributed by atoms with Gasteiger partial charge in [0.05, 0.1) is 6.04 Å². The number of nitrogens with one attached hydrogen (secondary N) is 1. The second kappa shape index (κ2) is 6.71. The first-order valence-corrected chi connectivity index (χ1v) is 7.99. The Balaban J connectivity index is 2.33. The summed E-state index contributed by atoms with van der Waals surface area (Å²) in [5.41, 5.74) is 1.23. The SMILES string of the molecule is CCCNC(c1cccs1)c1ccc(Cl)cc1Br. The molecule has 1 atom stereocenters. The third kappa shape index (κ3) is 3.35. The maximum absolute atomic E-state index is 6.00. The summed E-state index contributed by atoms with van der Waals surface area (Å²) in [6.45, 7) is 3.17. The van der Waals surface area contributed by atoms with E-state index in [0.29, 0.717) is 0 Å². The molecule has 0 amide bonds. The van der Waals surface area contributed by atoms with Crippen molar-refractivity contribution in [3.8, 4) is 0 Å². The van der Waals surface area contributed by atoms with Gasteiger partial charge in [0.2, 0.25) is 0 Å². The van der Waals surface area contributed by atoms with Gasteiger partial charge in [-0.15, -0.1) is 11.3 Å². The van der Waals surface area contributed by atoms with Crippen LogP contribution < -0.4 is 5.32 Å². The van der Waals surface area contributed by atoms with E-state index >= 15 is 0 Å². The van der Waals surface area contributed by atoms with Gasteiger partial charge in [-0.2, -0.15) is 0 Å². The van der Waals surface area contributed by atoms with Crippen LogP contribution in [-0.2, 0) is 0 Å². The molecule has 2 aromatic rings. The van der Waals surface area contributed by atoms with Gasteiger partial charge in [-0.25, -0.2) is 0 Å². The Morgan fingerprint density at radius 3 is 2.83 bits per heavy atom. The van der Waals surface area contributed by atoms with E-state index in [4.69, 9.17) is 11.6 Å². The number of thiophene rings is 1. The fourth-order valence-corrected chi connectivity index (χ4v) is 3.57. The third-order valence-corrected chi connectivity index (χ3v) is 4.56. The monoisotopic (exact) mass is 343 g/mol. The summed E-state index contributed by atoms with van der Waals surface area (Å²) in [6, 6.07) is 10.5. The van der Waals surface area contributed by atoms with Crippen molar-refractivity contribution in [1.29, 1.82) is 0 Å². The minimum Gasteiger partial charge on any atom is -0.306 e. The van der Waals surface area contributed by atoms with Crippen molar-refractivity contribution in [3.63, 3.8) is 0 Å². The maximum Gasteiger partial charge on any atom is 0.0682 e. The summed E-state index contributed by atoms with van der Waals surface area (Å²) in [4.78, 5) is 1.33. The van der Waals surface area contributed by atoms with E-state index in [1.807, 2.05) is 12.1 Å². The highest BCUT2D eigenvalue weighted by Gasteiger charge is 2.17. The molecule has 96 valence electrons. The Morgan fingerprint density at radius 2 is 2.22 bits per heavy atom. The lowest BCUT2D eigenvalue weighted by Gasteiger charge is -2.19. The van der Waals surface area contributed by atoms with Gasteiger partial charge in [0.1, 0.15) is 0 Å². The Hall–Kier alpha value is -0.350. The molecule has 18 heavy (non-hydrogen) atoms. The predicted molar refractivity (Wildman–Crippen MR) is 83.6 cm³/mol. The average molecular weight is 345 g/mol. The highest BCUT2D eigenvalue weighted by molar-refractivity contribution is 9.10. The topological polar surface area (TPSA) is 12.0 Å². The smallest absolute Gasteiger partial charge is 0.0682 e. The molecule has 4 heteroatoms. The van der Waals surface area contributed by atoms with Crippen LogP contribution in [0.1, 0.15) is 29.8 Å². The molecular formula is C14H15BrClNS. The van der Waals surface area contributed by atoms with Crippen LogP contribution in [0.2, 0.25) is 5.02 Å². The highest BCUT2D eigenvalue weighted by atomic mass is 79.9. The van der Waals surface area contributed by atoms with Gasteiger partial charge in [0, 0.05) is 14.4 Å². The lowest BCUT2D eigenvalue weighted by atomic mass is 10.1. The first-order chi connectivity index (χ1) is 8.72. The van der Waals surface area contributed by atoms with Gasteiger partial charge in [-0.1, -0.05) is 46.6 Å². The Bertz CT molecular complexity index is 499. The highest BCUT2D eigenvalue weighted by Crippen LogP contribution is 2.32. The van der Waals surface area contributed by atoms with E-state index in [1.54, 1.807) is 11.3 Å². The van der Waals surface area contributed by atoms with E-state index in [-0.39, 0.29) is 6.04 Å². The molecule has 1 aromatic carbocycles. The van der Waals surface area contributed by atoms with Crippen LogP contribution in [0.3, 0.4) is 0 Å². The number of hydrogen-bond donors (Lipinski definition) is 1. The number of halogens is 2. The summed E-state index contributed by atoms with van der Waals surface area (Å²) < 4.78 is 1.05. The van der Waals surface area contributed by atoms with Crippen LogP contribution >= 0.6 is 38.9 Å². The molecule has 1 aromatic heterocycles. The molecule has 0 aliphatic carbocycles. The second-order valence-corrected chi connectivity index (χ2v) is 6.34. The lowest BCUT2D eigenvalue weighted by Crippen LogP contribution is -2.22. The summed E-state index contributed by atoms with van der Waals surface area (Å²) in [5, 5.41) is 6.45. The molecule has 0 radical (unpaired) electrons. The van der Waals surface area contributed by atoms with E-state index in [0.717, 1.165) is 22.5 Å². The zero-order valence-corrected chi connectivity index (χ0v) is 13.3. The van der Waals surface area contributed by atoms with Gasteiger partial charge in [0.25, 0.3) is 0 Å². The van der Waals surface area contributed by atoms with E-state index in [2.05, 4.69) is 51.7 Å². The largest absolute Gasteiger partial charge is 0.306 e. The maximum atomic E-state index is 6.00. The fourth-order valence-electron chi connectivity index (χ4n) is 1.84. The molecule has 0 spiro atoms. The molecule has 1 N–H and O–H groups in total. The number of rotatable bonds is 5. The van der Waals surface area contributed by atoms with Crippen molar-refractivity contribution < 1.29 is 0 Å². The Morgan fingerprint density at radius 1 is 1.39 bits per heavy atom. The Labute approximate surface area is 125 Å². The molecule has 1 nitrogen and oxygen atoms in total. The van der Waals surface area contributed by atoms with Gasteiger partial charge in [0.15, 0.2) is 0 Å². The van der Waals surface area contributed by atoms with Crippen LogP contribution in [-0.4, -0.2) is 6.54 Å². The van der Waals surface area contributed by atoms with E-state index in [1.165, 1.54) is 10.4 Å². The standard InChI is InChI=1S/C14H15BrClNS/c1-2-7-17-14(13-4-3-8-18-13)11-6-5-10(16)9-12(11)15/h3-6,8-9,14,17H,2,7H2,1H3.